The standard InChI is InChI=1S/C23H27NO/c1-23(2)16-25-22(24-23)20-15-9-13-18-12-7-4-8-14-19(21(18)20)17-10-5-3-6-11-17/h3,5-6,9-11,13,15,19H,4,7-8,12,14,16H2,1-2H3. The van der Waals surface area contributed by atoms with E-state index >= 15 is 0 Å². The maximum atomic E-state index is 6.03. The van der Waals surface area contributed by atoms with Gasteiger partial charge in [-0.3, -0.25) is 0 Å². The second kappa shape index (κ2) is 6.67. The third-order valence-corrected chi connectivity index (χ3v) is 5.38. The largest absolute Gasteiger partial charge is 0.475 e. The number of ether oxygens (including phenoxy) is 1. The molecule has 0 radical (unpaired) electrons. The molecule has 1 atom stereocenters. The Balaban J connectivity index is 1.87. The Hall–Kier alpha value is -2.09. The topological polar surface area (TPSA) is 21.6 Å². The summed E-state index contributed by atoms with van der Waals surface area (Å²) in [4.78, 5) is 4.88. The average molecular weight is 333 g/mol. The zero-order chi connectivity index (χ0) is 17.3. The Bertz CT molecular complexity index is 776. The van der Waals surface area contributed by atoms with Crippen LogP contribution in [0.5, 0.6) is 0 Å². The molecule has 1 aliphatic heterocycles. The van der Waals surface area contributed by atoms with Crippen LogP contribution in [-0.2, 0) is 11.2 Å². The molecule has 2 aromatic carbocycles. The van der Waals surface area contributed by atoms with Crippen LogP contribution in [0.15, 0.2) is 53.5 Å². The van der Waals surface area contributed by atoms with Crippen molar-refractivity contribution in [2.24, 2.45) is 4.99 Å². The summed E-state index contributed by atoms with van der Waals surface area (Å²) in [5.74, 6) is 1.27. The van der Waals surface area contributed by atoms with Crippen LogP contribution in [-0.4, -0.2) is 18.0 Å². The van der Waals surface area contributed by atoms with Crippen LogP contribution in [0.2, 0.25) is 0 Å². The van der Waals surface area contributed by atoms with E-state index in [9.17, 15) is 0 Å². The van der Waals surface area contributed by atoms with Crippen molar-refractivity contribution in [1.29, 1.82) is 0 Å². The number of nitrogens with zero attached hydrogens (tertiary/aromatic N) is 1. The molecule has 2 heteroatoms. The van der Waals surface area contributed by atoms with Gasteiger partial charge in [-0.25, -0.2) is 4.99 Å². The van der Waals surface area contributed by atoms with Crippen molar-refractivity contribution in [3.05, 3.63) is 70.8 Å². The van der Waals surface area contributed by atoms with E-state index in [1.807, 2.05) is 0 Å². The molecule has 0 amide bonds. The normalized spacial score (nSPS) is 22.3. The zero-order valence-corrected chi connectivity index (χ0v) is 15.3. The molecular formula is C23H27NO. The number of hydrogen-bond donors (Lipinski definition) is 0. The van der Waals surface area contributed by atoms with Crippen molar-refractivity contribution in [3.8, 4) is 0 Å². The fourth-order valence-corrected chi connectivity index (χ4v) is 4.16. The Morgan fingerprint density at radius 3 is 2.56 bits per heavy atom. The molecule has 0 spiro atoms. The number of aliphatic imine (C=N–C) groups is 1. The first-order valence-electron chi connectivity index (χ1n) is 9.54. The van der Waals surface area contributed by atoms with Crippen molar-refractivity contribution >= 4 is 5.90 Å². The van der Waals surface area contributed by atoms with E-state index in [-0.39, 0.29) is 5.54 Å². The van der Waals surface area contributed by atoms with Crippen molar-refractivity contribution in [1.82, 2.24) is 0 Å². The summed E-state index contributed by atoms with van der Waals surface area (Å²) in [5, 5.41) is 0. The highest BCUT2D eigenvalue weighted by Gasteiger charge is 2.31. The predicted octanol–water partition coefficient (Wildman–Crippen LogP) is 5.49. The average Bonchev–Trinajstić information content (AvgIpc) is 2.96. The minimum atomic E-state index is -0.123. The first kappa shape index (κ1) is 16.4. The van der Waals surface area contributed by atoms with Crippen molar-refractivity contribution in [2.75, 3.05) is 6.61 Å². The third kappa shape index (κ3) is 3.35. The van der Waals surface area contributed by atoms with Gasteiger partial charge in [-0.1, -0.05) is 55.3 Å². The van der Waals surface area contributed by atoms with Gasteiger partial charge in [-0.05, 0) is 55.9 Å². The Morgan fingerprint density at radius 1 is 0.960 bits per heavy atom. The minimum Gasteiger partial charge on any atom is -0.475 e. The molecule has 0 saturated carbocycles. The van der Waals surface area contributed by atoms with Crippen molar-refractivity contribution in [2.45, 2.75) is 57.4 Å². The maximum Gasteiger partial charge on any atom is 0.217 e. The van der Waals surface area contributed by atoms with E-state index in [1.54, 1.807) is 0 Å². The van der Waals surface area contributed by atoms with Crippen LogP contribution >= 0.6 is 0 Å². The molecule has 0 N–H and O–H groups in total. The molecule has 1 unspecified atom stereocenters. The van der Waals surface area contributed by atoms with Gasteiger partial charge in [0.15, 0.2) is 0 Å². The Kier molecular flexibility index (Phi) is 4.37. The van der Waals surface area contributed by atoms with Crippen LogP contribution in [0.1, 0.15) is 67.7 Å². The molecule has 4 rings (SSSR count). The summed E-state index contributed by atoms with van der Waals surface area (Å²) < 4.78 is 6.03. The van der Waals surface area contributed by atoms with Gasteiger partial charge in [0.25, 0.3) is 0 Å². The van der Waals surface area contributed by atoms with E-state index in [4.69, 9.17) is 9.73 Å². The molecule has 2 aliphatic rings. The number of rotatable bonds is 2. The quantitative estimate of drug-likeness (QED) is 0.712. The second-order valence-corrected chi connectivity index (χ2v) is 7.96. The Labute approximate surface area is 151 Å². The van der Waals surface area contributed by atoms with E-state index < -0.39 is 0 Å². The molecule has 130 valence electrons. The number of benzene rings is 2. The fourth-order valence-electron chi connectivity index (χ4n) is 4.16. The lowest BCUT2D eigenvalue weighted by Gasteiger charge is -2.26. The van der Waals surface area contributed by atoms with Gasteiger partial charge in [0.1, 0.15) is 6.61 Å². The summed E-state index contributed by atoms with van der Waals surface area (Å²) in [6.07, 6.45) is 6.23. The van der Waals surface area contributed by atoms with Gasteiger partial charge >= 0.3 is 0 Å². The molecule has 25 heavy (non-hydrogen) atoms. The second-order valence-electron chi connectivity index (χ2n) is 7.96. The lowest BCUT2D eigenvalue weighted by molar-refractivity contribution is 0.279. The highest BCUT2D eigenvalue weighted by atomic mass is 16.5. The molecule has 0 fully saturated rings. The van der Waals surface area contributed by atoms with E-state index in [0.29, 0.717) is 12.5 Å². The smallest absolute Gasteiger partial charge is 0.217 e. The summed E-state index contributed by atoms with van der Waals surface area (Å²) in [6, 6.07) is 17.6. The summed E-state index contributed by atoms with van der Waals surface area (Å²) >= 11 is 0. The number of fused-ring (bicyclic) bond motifs is 1. The summed E-state index contributed by atoms with van der Waals surface area (Å²) in [5.41, 5.74) is 5.42. The highest BCUT2D eigenvalue weighted by molar-refractivity contribution is 5.97. The third-order valence-electron chi connectivity index (χ3n) is 5.38. The predicted molar refractivity (Wildman–Crippen MR) is 103 cm³/mol. The first-order valence-corrected chi connectivity index (χ1v) is 9.54. The molecule has 0 aromatic heterocycles. The lowest BCUT2D eigenvalue weighted by atomic mass is 9.79. The lowest BCUT2D eigenvalue weighted by Crippen LogP contribution is -2.17. The zero-order valence-electron chi connectivity index (χ0n) is 15.3. The van der Waals surface area contributed by atoms with Gasteiger partial charge < -0.3 is 4.74 Å². The molecule has 1 heterocycles. The highest BCUT2D eigenvalue weighted by Crippen LogP contribution is 2.38. The SMILES string of the molecule is CC1(C)COC(c2cccc3c2C(c2ccccc2)CCCCC3)=N1. The van der Waals surface area contributed by atoms with E-state index in [1.165, 1.54) is 47.9 Å². The van der Waals surface area contributed by atoms with Crippen LogP contribution in [0, 0.1) is 0 Å². The van der Waals surface area contributed by atoms with Gasteiger partial charge in [-0.15, -0.1) is 0 Å². The molecule has 0 saturated heterocycles. The molecular weight excluding hydrogens is 306 g/mol. The number of hydrogen-bond acceptors (Lipinski definition) is 2. The molecule has 2 aromatic rings. The van der Waals surface area contributed by atoms with Gasteiger partial charge in [-0.2, -0.15) is 0 Å². The van der Waals surface area contributed by atoms with Gasteiger partial charge in [0.2, 0.25) is 5.90 Å². The first-order chi connectivity index (χ1) is 12.1. The van der Waals surface area contributed by atoms with Crippen LogP contribution < -0.4 is 0 Å². The van der Waals surface area contributed by atoms with E-state index in [2.05, 4.69) is 62.4 Å². The molecule has 0 bridgehead atoms. The maximum absolute atomic E-state index is 6.03. The van der Waals surface area contributed by atoms with Crippen LogP contribution in [0.25, 0.3) is 0 Å². The molecule has 2 nitrogen and oxygen atoms in total. The Morgan fingerprint density at radius 2 is 1.80 bits per heavy atom. The fraction of sp³-hybridized carbons (Fsp3) is 0.435. The van der Waals surface area contributed by atoms with Gasteiger partial charge in [0, 0.05) is 11.5 Å². The summed E-state index contributed by atoms with van der Waals surface area (Å²) in [7, 11) is 0. The van der Waals surface area contributed by atoms with Crippen molar-refractivity contribution < 1.29 is 4.74 Å². The number of aryl methyl sites for hydroxylation is 1. The van der Waals surface area contributed by atoms with E-state index in [0.717, 1.165) is 12.3 Å². The van der Waals surface area contributed by atoms with Crippen molar-refractivity contribution in [3.63, 3.8) is 0 Å². The van der Waals surface area contributed by atoms with Crippen LogP contribution in [0.3, 0.4) is 0 Å². The van der Waals surface area contributed by atoms with Crippen LogP contribution in [0.4, 0.5) is 0 Å². The minimum absolute atomic E-state index is 0.123. The monoisotopic (exact) mass is 333 g/mol. The summed E-state index contributed by atoms with van der Waals surface area (Å²) in [6.45, 7) is 4.95. The molecule has 1 aliphatic carbocycles. The van der Waals surface area contributed by atoms with Gasteiger partial charge in [0.05, 0.1) is 5.54 Å².